The Morgan fingerprint density at radius 2 is 1.88 bits per heavy atom. The third-order valence-corrected chi connectivity index (χ3v) is 4.23. The van der Waals surface area contributed by atoms with E-state index in [4.69, 9.17) is 9.47 Å². The van der Waals surface area contributed by atoms with Crippen molar-refractivity contribution in [2.45, 2.75) is 6.42 Å². The van der Waals surface area contributed by atoms with Crippen LogP contribution in [-0.2, 0) is 9.59 Å². The summed E-state index contributed by atoms with van der Waals surface area (Å²) in [6.45, 7) is 0.368. The molecule has 3 rings (SSSR count). The minimum Gasteiger partial charge on any atom is -0.497 e. The second-order valence-electron chi connectivity index (χ2n) is 5.80. The smallest absolute Gasteiger partial charge is 0.229 e. The van der Waals surface area contributed by atoms with Gasteiger partial charge in [-0.1, -0.05) is 18.2 Å². The molecule has 0 aliphatic carbocycles. The highest BCUT2D eigenvalue weighted by molar-refractivity contribution is 6.03. The van der Waals surface area contributed by atoms with Crippen molar-refractivity contribution in [2.24, 2.45) is 5.92 Å². The Morgan fingerprint density at radius 3 is 2.56 bits per heavy atom. The predicted octanol–water partition coefficient (Wildman–Crippen LogP) is 2.70. The molecule has 0 unspecified atom stereocenters. The highest BCUT2D eigenvalue weighted by Gasteiger charge is 2.35. The van der Waals surface area contributed by atoms with E-state index in [-0.39, 0.29) is 18.2 Å². The van der Waals surface area contributed by atoms with E-state index in [1.54, 1.807) is 30.2 Å². The van der Waals surface area contributed by atoms with Gasteiger partial charge in [0.2, 0.25) is 11.8 Å². The third-order valence-electron chi connectivity index (χ3n) is 4.23. The zero-order valence-corrected chi connectivity index (χ0v) is 14.2. The van der Waals surface area contributed by atoms with Crippen molar-refractivity contribution in [3.63, 3.8) is 0 Å². The molecule has 1 heterocycles. The summed E-state index contributed by atoms with van der Waals surface area (Å²) in [6.07, 6.45) is 0.194. The molecule has 1 atom stereocenters. The molecule has 2 aromatic carbocycles. The molecule has 25 heavy (non-hydrogen) atoms. The number of nitrogens with one attached hydrogen (secondary N) is 1. The number of para-hydroxylation sites is 1. The number of rotatable bonds is 5. The number of methoxy groups -OCH3 is 2. The van der Waals surface area contributed by atoms with Gasteiger partial charge >= 0.3 is 0 Å². The van der Waals surface area contributed by atoms with Crippen LogP contribution in [0.15, 0.2) is 48.5 Å². The minimum absolute atomic E-state index is 0.0481. The maximum Gasteiger partial charge on any atom is 0.229 e. The number of carbonyl (C=O) groups excluding carboxylic acids is 2. The highest BCUT2D eigenvalue weighted by Crippen LogP contribution is 2.31. The van der Waals surface area contributed by atoms with Crippen LogP contribution in [0, 0.1) is 5.92 Å². The van der Waals surface area contributed by atoms with Gasteiger partial charge in [0.15, 0.2) is 0 Å². The molecule has 0 spiro atoms. The lowest BCUT2D eigenvalue weighted by molar-refractivity contribution is -0.122. The van der Waals surface area contributed by atoms with Crippen LogP contribution in [-0.4, -0.2) is 32.6 Å². The standard InChI is InChI=1S/C19H20N2O4/c1-24-15-8-9-16(17(11-15)25-2)20-19(23)13-10-18(22)21(12-13)14-6-4-3-5-7-14/h3-9,11,13H,10,12H2,1-2H3,(H,20,23)/t13-/m0/s1. The Balaban J connectivity index is 1.71. The monoisotopic (exact) mass is 340 g/mol. The third kappa shape index (κ3) is 3.57. The maximum atomic E-state index is 12.6. The summed E-state index contributed by atoms with van der Waals surface area (Å²) in [4.78, 5) is 26.5. The number of hydrogen-bond acceptors (Lipinski definition) is 4. The first-order chi connectivity index (χ1) is 12.1. The first-order valence-corrected chi connectivity index (χ1v) is 8.00. The zero-order chi connectivity index (χ0) is 17.8. The fraction of sp³-hybridized carbons (Fsp3) is 0.263. The average molecular weight is 340 g/mol. The summed E-state index contributed by atoms with van der Waals surface area (Å²) < 4.78 is 10.4. The molecule has 1 N–H and O–H groups in total. The van der Waals surface area contributed by atoms with Gasteiger partial charge < -0.3 is 19.7 Å². The number of ether oxygens (including phenoxy) is 2. The van der Waals surface area contributed by atoms with Crippen LogP contribution in [0.25, 0.3) is 0 Å². The first kappa shape index (κ1) is 16.8. The van der Waals surface area contributed by atoms with E-state index in [0.29, 0.717) is 23.7 Å². The topological polar surface area (TPSA) is 67.9 Å². The molecule has 2 aromatic rings. The lowest BCUT2D eigenvalue weighted by atomic mass is 10.1. The molecule has 0 aromatic heterocycles. The number of carbonyl (C=O) groups is 2. The molecule has 6 heteroatoms. The van der Waals surface area contributed by atoms with Gasteiger partial charge in [0.25, 0.3) is 0 Å². The van der Waals surface area contributed by atoms with E-state index in [1.807, 2.05) is 30.3 Å². The van der Waals surface area contributed by atoms with Gasteiger partial charge in [-0.3, -0.25) is 9.59 Å². The zero-order valence-electron chi connectivity index (χ0n) is 14.2. The van der Waals surface area contributed by atoms with Crippen molar-refractivity contribution in [1.29, 1.82) is 0 Å². The maximum absolute atomic E-state index is 12.6. The largest absolute Gasteiger partial charge is 0.497 e. The van der Waals surface area contributed by atoms with Gasteiger partial charge in [-0.2, -0.15) is 0 Å². The van der Waals surface area contributed by atoms with Crippen LogP contribution < -0.4 is 19.7 Å². The van der Waals surface area contributed by atoms with E-state index in [1.165, 1.54) is 7.11 Å². The molecule has 1 aliphatic heterocycles. The minimum atomic E-state index is -0.403. The van der Waals surface area contributed by atoms with Gasteiger partial charge in [-0.15, -0.1) is 0 Å². The fourth-order valence-corrected chi connectivity index (χ4v) is 2.88. The molecule has 0 bridgehead atoms. The Labute approximate surface area is 146 Å². The summed E-state index contributed by atoms with van der Waals surface area (Å²) in [7, 11) is 3.09. The van der Waals surface area contributed by atoms with Gasteiger partial charge in [-0.25, -0.2) is 0 Å². The van der Waals surface area contributed by atoms with Crippen molar-refractivity contribution in [3.05, 3.63) is 48.5 Å². The predicted molar refractivity (Wildman–Crippen MR) is 95.1 cm³/mol. The van der Waals surface area contributed by atoms with Crippen LogP contribution in [0.2, 0.25) is 0 Å². The summed E-state index contributed by atoms with van der Waals surface area (Å²) in [6, 6.07) is 14.5. The second-order valence-corrected chi connectivity index (χ2v) is 5.80. The van der Waals surface area contributed by atoms with Crippen molar-refractivity contribution >= 4 is 23.2 Å². The molecular weight excluding hydrogens is 320 g/mol. The summed E-state index contributed by atoms with van der Waals surface area (Å²) >= 11 is 0. The SMILES string of the molecule is COc1ccc(NC(=O)[C@H]2CC(=O)N(c3ccccc3)C2)c(OC)c1. The van der Waals surface area contributed by atoms with Crippen LogP contribution in [0.1, 0.15) is 6.42 Å². The second kappa shape index (κ2) is 7.25. The average Bonchev–Trinajstić information content (AvgIpc) is 3.04. The Kier molecular flexibility index (Phi) is 4.88. The van der Waals surface area contributed by atoms with Gasteiger partial charge in [0.1, 0.15) is 11.5 Å². The molecule has 0 radical (unpaired) electrons. The van der Waals surface area contributed by atoms with Crippen molar-refractivity contribution in [2.75, 3.05) is 31.0 Å². The summed E-state index contributed by atoms with van der Waals surface area (Å²) in [5.74, 6) is 0.501. The number of anilines is 2. The van der Waals surface area contributed by atoms with Crippen molar-refractivity contribution < 1.29 is 19.1 Å². The molecule has 1 fully saturated rings. The van der Waals surface area contributed by atoms with Gasteiger partial charge in [0.05, 0.1) is 25.8 Å². The number of amides is 2. The van der Waals surface area contributed by atoms with Crippen molar-refractivity contribution in [3.8, 4) is 11.5 Å². The Hall–Kier alpha value is -3.02. The fourth-order valence-electron chi connectivity index (χ4n) is 2.88. The van der Waals surface area contributed by atoms with Crippen molar-refractivity contribution in [1.82, 2.24) is 0 Å². The van der Waals surface area contributed by atoms with Gasteiger partial charge in [-0.05, 0) is 24.3 Å². The highest BCUT2D eigenvalue weighted by atomic mass is 16.5. The molecule has 2 amide bonds. The van der Waals surface area contributed by atoms with Crippen LogP contribution in [0.3, 0.4) is 0 Å². The lowest BCUT2D eigenvalue weighted by Gasteiger charge is -2.17. The Bertz CT molecular complexity index is 776. The summed E-state index contributed by atoms with van der Waals surface area (Å²) in [5.41, 5.74) is 1.36. The van der Waals surface area contributed by atoms with E-state index in [9.17, 15) is 9.59 Å². The van der Waals surface area contributed by atoms with E-state index in [2.05, 4.69) is 5.32 Å². The molecule has 130 valence electrons. The number of benzene rings is 2. The van der Waals surface area contributed by atoms with Crippen LogP contribution in [0.5, 0.6) is 11.5 Å². The van der Waals surface area contributed by atoms with Crippen LogP contribution in [0.4, 0.5) is 11.4 Å². The van der Waals surface area contributed by atoms with E-state index < -0.39 is 5.92 Å². The van der Waals surface area contributed by atoms with E-state index >= 15 is 0 Å². The normalized spacial score (nSPS) is 16.6. The van der Waals surface area contributed by atoms with Crippen LogP contribution >= 0.6 is 0 Å². The molecule has 1 saturated heterocycles. The summed E-state index contributed by atoms with van der Waals surface area (Å²) in [5, 5.41) is 2.85. The van der Waals surface area contributed by atoms with E-state index in [0.717, 1.165) is 5.69 Å². The quantitative estimate of drug-likeness (QED) is 0.909. The lowest BCUT2D eigenvalue weighted by Crippen LogP contribution is -2.28. The number of hydrogen-bond donors (Lipinski definition) is 1. The Morgan fingerprint density at radius 1 is 1.12 bits per heavy atom. The molecular formula is C19H20N2O4. The van der Waals surface area contributed by atoms with Gasteiger partial charge in [0, 0.05) is 24.7 Å². The number of nitrogens with zero attached hydrogens (tertiary/aromatic N) is 1. The molecule has 6 nitrogen and oxygen atoms in total. The first-order valence-electron chi connectivity index (χ1n) is 8.00. The molecule has 0 saturated carbocycles. The molecule has 1 aliphatic rings.